The van der Waals surface area contributed by atoms with Gasteiger partial charge in [0.25, 0.3) is 5.91 Å². The van der Waals surface area contributed by atoms with E-state index >= 15 is 0 Å². The van der Waals surface area contributed by atoms with E-state index in [4.69, 9.17) is 0 Å². The molecule has 1 aromatic carbocycles. The number of amides is 1. The molecular weight excluding hydrogens is 348 g/mol. The maximum Gasteiger partial charge on any atom is 0.255 e. The van der Waals surface area contributed by atoms with Crippen LogP contribution in [0.15, 0.2) is 52.3 Å². The second-order valence-corrected chi connectivity index (χ2v) is 7.37. The summed E-state index contributed by atoms with van der Waals surface area (Å²) in [6, 6.07) is 10.6. The molecule has 1 aromatic heterocycles. The number of hydrogen-bond donors (Lipinski definition) is 0. The lowest BCUT2D eigenvalue weighted by Crippen LogP contribution is -2.42. The van der Waals surface area contributed by atoms with E-state index in [-0.39, 0.29) is 23.2 Å². The Morgan fingerprint density at radius 1 is 1.15 bits per heavy atom. The number of piperidine rings is 1. The van der Waals surface area contributed by atoms with Crippen LogP contribution in [0, 0.1) is 5.92 Å². The molecule has 1 fully saturated rings. The molecule has 0 unspecified atom stereocenters. The number of thioether (sulfide) groups is 1. The van der Waals surface area contributed by atoms with Gasteiger partial charge in [-0.1, -0.05) is 18.2 Å². The smallest absolute Gasteiger partial charge is 0.255 e. The minimum Gasteiger partial charge on any atom is -0.338 e. The standard InChI is InChI=1S/C20H22N2O3S/c1-21-12-15(9-10-18(21)23)20(25)22-11-5-6-14(13-22)19(24)16-7-3-4-8-17(16)26-2/h3-4,7-10,12,14H,5-6,11,13H2,1-2H3/t14-/m0/s1. The fraction of sp³-hybridized carbons (Fsp3) is 0.350. The summed E-state index contributed by atoms with van der Waals surface area (Å²) in [7, 11) is 1.63. The van der Waals surface area contributed by atoms with E-state index in [0.29, 0.717) is 18.7 Å². The van der Waals surface area contributed by atoms with E-state index < -0.39 is 0 Å². The van der Waals surface area contributed by atoms with Crippen LogP contribution in [0.1, 0.15) is 33.6 Å². The van der Waals surface area contributed by atoms with Gasteiger partial charge >= 0.3 is 0 Å². The zero-order chi connectivity index (χ0) is 18.7. The lowest BCUT2D eigenvalue weighted by molar-refractivity contribution is 0.0635. The van der Waals surface area contributed by atoms with Gasteiger partial charge in [0.05, 0.1) is 5.56 Å². The van der Waals surface area contributed by atoms with Gasteiger partial charge in [0.1, 0.15) is 0 Å². The second kappa shape index (κ2) is 7.91. The minimum atomic E-state index is -0.187. The van der Waals surface area contributed by atoms with E-state index in [1.807, 2.05) is 30.5 Å². The van der Waals surface area contributed by atoms with E-state index in [0.717, 1.165) is 23.3 Å². The normalized spacial score (nSPS) is 17.2. The molecule has 1 aliphatic heterocycles. The fourth-order valence-corrected chi connectivity index (χ4v) is 3.95. The maximum absolute atomic E-state index is 13.0. The van der Waals surface area contributed by atoms with Gasteiger partial charge < -0.3 is 9.47 Å². The zero-order valence-electron chi connectivity index (χ0n) is 15.0. The summed E-state index contributed by atoms with van der Waals surface area (Å²) in [5, 5.41) is 0. The highest BCUT2D eigenvalue weighted by Crippen LogP contribution is 2.27. The molecule has 0 radical (unpaired) electrons. The van der Waals surface area contributed by atoms with Crippen molar-refractivity contribution in [3.63, 3.8) is 0 Å². The number of aromatic nitrogens is 1. The number of rotatable bonds is 4. The Labute approximate surface area is 157 Å². The van der Waals surface area contributed by atoms with Crippen molar-refractivity contribution in [2.45, 2.75) is 17.7 Å². The third-order valence-corrected chi connectivity index (χ3v) is 5.58. The van der Waals surface area contributed by atoms with Gasteiger partial charge in [-0.25, -0.2) is 0 Å². The van der Waals surface area contributed by atoms with E-state index in [9.17, 15) is 14.4 Å². The molecule has 0 aliphatic carbocycles. The van der Waals surface area contributed by atoms with Crippen LogP contribution < -0.4 is 5.56 Å². The number of pyridine rings is 1. The first-order chi connectivity index (χ1) is 12.5. The van der Waals surface area contributed by atoms with E-state index in [1.165, 1.54) is 10.6 Å². The molecule has 0 saturated carbocycles. The van der Waals surface area contributed by atoms with Crippen LogP contribution in [0.3, 0.4) is 0 Å². The molecule has 6 heteroatoms. The lowest BCUT2D eigenvalue weighted by Gasteiger charge is -2.32. The number of Topliss-reactive ketones (excluding diaryl/α,β-unsaturated/α-hetero) is 1. The Kier molecular flexibility index (Phi) is 5.61. The van der Waals surface area contributed by atoms with Gasteiger partial charge in [-0.15, -0.1) is 11.8 Å². The van der Waals surface area contributed by atoms with Gasteiger partial charge in [0.15, 0.2) is 5.78 Å². The number of hydrogen-bond acceptors (Lipinski definition) is 4. The van der Waals surface area contributed by atoms with Crippen LogP contribution in [0.25, 0.3) is 0 Å². The van der Waals surface area contributed by atoms with E-state index in [1.54, 1.807) is 36.0 Å². The first-order valence-corrected chi connectivity index (χ1v) is 9.87. The molecule has 0 bridgehead atoms. The number of likely N-dealkylation sites (tertiary alicyclic amines) is 1. The quantitative estimate of drug-likeness (QED) is 0.613. The van der Waals surface area contributed by atoms with Crippen LogP contribution in [-0.4, -0.2) is 40.5 Å². The molecule has 1 amide bonds. The van der Waals surface area contributed by atoms with E-state index in [2.05, 4.69) is 0 Å². The van der Waals surface area contributed by atoms with Crippen molar-refractivity contribution < 1.29 is 9.59 Å². The minimum absolute atomic E-state index is 0.105. The Bertz CT molecular complexity index is 891. The molecule has 1 aliphatic rings. The third-order valence-electron chi connectivity index (χ3n) is 4.78. The summed E-state index contributed by atoms with van der Waals surface area (Å²) < 4.78 is 1.40. The Hall–Kier alpha value is -2.34. The van der Waals surface area contributed by atoms with Crippen LogP contribution in [0.2, 0.25) is 0 Å². The Morgan fingerprint density at radius 2 is 1.92 bits per heavy atom. The first kappa shape index (κ1) is 18.5. The molecule has 5 nitrogen and oxygen atoms in total. The monoisotopic (exact) mass is 370 g/mol. The molecule has 0 spiro atoms. The number of benzene rings is 1. The van der Waals surface area contributed by atoms with Gasteiger partial charge in [0.2, 0.25) is 5.56 Å². The number of carbonyl (C=O) groups excluding carboxylic acids is 2. The zero-order valence-corrected chi connectivity index (χ0v) is 15.8. The average Bonchev–Trinajstić information content (AvgIpc) is 2.69. The van der Waals surface area contributed by atoms with Gasteiger partial charge in [-0.05, 0) is 31.2 Å². The van der Waals surface area contributed by atoms with Crippen LogP contribution >= 0.6 is 11.8 Å². The Morgan fingerprint density at radius 3 is 2.65 bits per heavy atom. The van der Waals surface area contributed by atoms with Crippen molar-refractivity contribution in [1.29, 1.82) is 0 Å². The molecule has 0 N–H and O–H groups in total. The summed E-state index contributed by atoms with van der Waals surface area (Å²) in [5.41, 5.74) is 1.06. The molecule has 1 atom stereocenters. The number of carbonyl (C=O) groups is 2. The SMILES string of the molecule is CSc1ccccc1C(=O)[C@H]1CCCN(C(=O)c2ccc(=O)n(C)c2)C1. The molecule has 1 saturated heterocycles. The number of nitrogens with zero attached hydrogens (tertiary/aromatic N) is 2. The molecule has 3 rings (SSSR count). The topological polar surface area (TPSA) is 59.4 Å². The van der Waals surface area contributed by atoms with Gasteiger partial charge in [-0.3, -0.25) is 14.4 Å². The summed E-state index contributed by atoms with van der Waals surface area (Å²) in [5.74, 6) is -0.210. The first-order valence-electron chi connectivity index (χ1n) is 8.64. The molecule has 136 valence electrons. The highest BCUT2D eigenvalue weighted by atomic mass is 32.2. The van der Waals surface area contributed by atoms with Crippen molar-refractivity contribution in [2.24, 2.45) is 13.0 Å². The fourth-order valence-electron chi connectivity index (χ4n) is 3.35. The summed E-state index contributed by atoms with van der Waals surface area (Å²) in [4.78, 5) is 40.0. The van der Waals surface area contributed by atoms with Crippen molar-refractivity contribution in [1.82, 2.24) is 9.47 Å². The Balaban J connectivity index is 1.78. The van der Waals surface area contributed by atoms with Gasteiger partial charge in [-0.2, -0.15) is 0 Å². The van der Waals surface area contributed by atoms with Gasteiger partial charge in [0, 0.05) is 48.8 Å². The summed E-state index contributed by atoms with van der Waals surface area (Å²) >= 11 is 1.56. The maximum atomic E-state index is 13.0. The highest BCUT2D eigenvalue weighted by molar-refractivity contribution is 7.98. The average molecular weight is 370 g/mol. The predicted octanol–water partition coefficient (Wildman–Crippen LogP) is 2.84. The van der Waals surface area contributed by atoms with Crippen molar-refractivity contribution in [3.8, 4) is 0 Å². The lowest BCUT2D eigenvalue weighted by atomic mass is 9.89. The molecule has 26 heavy (non-hydrogen) atoms. The van der Waals surface area contributed by atoms with Crippen LogP contribution in [0.4, 0.5) is 0 Å². The van der Waals surface area contributed by atoms with Crippen molar-refractivity contribution in [3.05, 3.63) is 64.1 Å². The molecule has 2 aromatic rings. The second-order valence-electron chi connectivity index (χ2n) is 6.52. The predicted molar refractivity (Wildman–Crippen MR) is 103 cm³/mol. The number of aryl methyl sites for hydroxylation is 1. The summed E-state index contributed by atoms with van der Waals surface area (Å²) in [6.45, 7) is 1.05. The highest BCUT2D eigenvalue weighted by Gasteiger charge is 2.30. The van der Waals surface area contributed by atoms with Crippen LogP contribution in [-0.2, 0) is 7.05 Å². The number of ketones is 1. The summed E-state index contributed by atoms with van der Waals surface area (Å²) in [6.07, 6.45) is 5.11. The molecule has 2 heterocycles. The molecular formula is C20H22N2O3S. The largest absolute Gasteiger partial charge is 0.338 e. The van der Waals surface area contributed by atoms with Crippen LogP contribution in [0.5, 0.6) is 0 Å². The third kappa shape index (κ3) is 3.75. The van der Waals surface area contributed by atoms with Crippen molar-refractivity contribution in [2.75, 3.05) is 19.3 Å². The van der Waals surface area contributed by atoms with Crippen molar-refractivity contribution >= 4 is 23.5 Å².